The fraction of sp³-hybridized carbons (Fsp3) is 0.667. The van der Waals surface area contributed by atoms with Crippen molar-refractivity contribution in [3.05, 3.63) is 29.3 Å². The quantitative estimate of drug-likeness (QED) is 0.919. The summed E-state index contributed by atoms with van der Waals surface area (Å²) in [6.45, 7) is 12.0. The third kappa shape index (κ3) is 3.98. The molecule has 1 saturated heterocycles. The highest BCUT2D eigenvalue weighted by atomic mass is 16.5. The zero-order valence-corrected chi connectivity index (χ0v) is 14.0. The summed E-state index contributed by atoms with van der Waals surface area (Å²) in [7, 11) is 1.71. The van der Waals surface area contributed by atoms with Crippen LogP contribution >= 0.6 is 0 Å². The molecule has 0 radical (unpaired) electrons. The van der Waals surface area contributed by atoms with E-state index in [1.807, 2.05) is 12.1 Å². The molecule has 1 aromatic rings. The molecular weight excluding hydrogens is 262 g/mol. The Morgan fingerprint density at radius 2 is 2.10 bits per heavy atom. The first-order valence-electron chi connectivity index (χ1n) is 7.88. The molecule has 2 rings (SSSR count). The van der Waals surface area contributed by atoms with Crippen LogP contribution in [0.2, 0.25) is 0 Å². The third-order valence-electron chi connectivity index (χ3n) is 4.68. The van der Waals surface area contributed by atoms with E-state index in [2.05, 4.69) is 31.7 Å². The van der Waals surface area contributed by atoms with Gasteiger partial charge in [-0.25, -0.2) is 0 Å². The molecule has 0 amide bonds. The number of hydrogen-bond acceptors (Lipinski definition) is 3. The molecule has 3 heteroatoms. The summed E-state index contributed by atoms with van der Waals surface area (Å²) < 4.78 is 5.48. The molecule has 2 unspecified atom stereocenters. The molecule has 2 atom stereocenters. The van der Waals surface area contributed by atoms with Crippen molar-refractivity contribution in [2.24, 2.45) is 11.3 Å². The maximum atomic E-state index is 9.77. The molecular formula is C18H29NO2. The number of aliphatic hydroxyl groups is 1. The number of likely N-dealkylation sites (tertiary alicyclic amines) is 1. The van der Waals surface area contributed by atoms with Crippen LogP contribution in [0.5, 0.6) is 5.75 Å². The SMILES string of the molecule is COc1ccc(C(C)O)cc1CN1CCC(C(C)(C)C)C1. The summed E-state index contributed by atoms with van der Waals surface area (Å²) in [5, 5.41) is 9.77. The maximum absolute atomic E-state index is 9.77. The number of hydrogen-bond donors (Lipinski definition) is 1. The van der Waals surface area contributed by atoms with Gasteiger partial charge in [0.2, 0.25) is 0 Å². The molecule has 0 bridgehead atoms. The Hall–Kier alpha value is -1.06. The molecule has 0 aromatic heterocycles. The lowest BCUT2D eigenvalue weighted by Crippen LogP contribution is -2.26. The topological polar surface area (TPSA) is 32.7 Å². The molecule has 0 saturated carbocycles. The monoisotopic (exact) mass is 291 g/mol. The predicted octanol–water partition coefficient (Wildman–Crippen LogP) is 3.62. The van der Waals surface area contributed by atoms with Crippen LogP contribution in [0.1, 0.15) is 51.3 Å². The van der Waals surface area contributed by atoms with Gasteiger partial charge in [-0.1, -0.05) is 26.8 Å². The van der Waals surface area contributed by atoms with Crippen LogP contribution in [-0.2, 0) is 6.54 Å². The smallest absolute Gasteiger partial charge is 0.123 e. The van der Waals surface area contributed by atoms with Crippen LogP contribution in [-0.4, -0.2) is 30.2 Å². The first-order valence-corrected chi connectivity index (χ1v) is 7.88. The molecule has 1 fully saturated rings. The first kappa shape index (κ1) is 16.3. The van der Waals surface area contributed by atoms with Gasteiger partial charge in [0.15, 0.2) is 0 Å². The molecule has 0 spiro atoms. The Kier molecular flexibility index (Phi) is 4.95. The summed E-state index contributed by atoms with van der Waals surface area (Å²) >= 11 is 0. The summed E-state index contributed by atoms with van der Waals surface area (Å²) in [5.74, 6) is 1.67. The minimum absolute atomic E-state index is 0.375. The van der Waals surface area contributed by atoms with E-state index in [1.54, 1.807) is 14.0 Å². The van der Waals surface area contributed by atoms with Crippen LogP contribution in [0.15, 0.2) is 18.2 Å². The van der Waals surface area contributed by atoms with Crippen molar-refractivity contribution in [3.8, 4) is 5.75 Å². The van der Waals surface area contributed by atoms with Gasteiger partial charge >= 0.3 is 0 Å². The normalized spacial score (nSPS) is 21.5. The van der Waals surface area contributed by atoms with Gasteiger partial charge in [0.1, 0.15) is 5.75 Å². The van der Waals surface area contributed by atoms with Gasteiger partial charge < -0.3 is 9.84 Å². The average Bonchev–Trinajstić information content (AvgIpc) is 2.87. The zero-order chi connectivity index (χ0) is 15.6. The van der Waals surface area contributed by atoms with Crippen LogP contribution in [0.25, 0.3) is 0 Å². The summed E-state index contributed by atoms with van der Waals surface area (Å²) in [6.07, 6.45) is 0.831. The molecule has 1 aromatic carbocycles. The number of rotatable bonds is 4. The lowest BCUT2D eigenvalue weighted by Gasteiger charge is -2.27. The van der Waals surface area contributed by atoms with E-state index in [0.29, 0.717) is 5.41 Å². The minimum atomic E-state index is -0.435. The highest BCUT2D eigenvalue weighted by molar-refractivity contribution is 5.38. The van der Waals surface area contributed by atoms with Crippen LogP contribution in [0, 0.1) is 11.3 Å². The van der Waals surface area contributed by atoms with Crippen molar-refractivity contribution < 1.29 is 9.84 Å². The predicted molar refractivity (Wildman–Crippen MR) is 86.5 cm³/mol. The molecule has 3 nitrogen and oxygen atoms in total. The van der Waals surface area contributed by atoms with E-state index >= 15 is 0 Å². The second-order valence-electron chi connectivity index (χ2n) is 7.33. The van der Waals surface area contributed by atoms with Gasteiger partial charge in [-0.05, 0) is 48.9 Å². The standard InChI is InChI=1S/C18H29NO2/c1-13(20)14-6-7-17(21-5)15(10-14)11-19-9-8-16(12-19)18(2,3)4/h6-7,10,13,16,20H,8-9,11-12H2,1-5H3. The number of methoxy groups -OCH3 is 1. The number of ether oxygens (including phenoxy) is 1. The van der Waals surface area contributed by atoms with Gasteiger partial charge in [-0.3, -0.25) is 4.90 Å². The number of aliphatic hydroxyl groups excluding tert-OH is 1. The average molecular weight is 291 g/mol. The van der Waals surface area contributed by atoms with E-state index in [-0.39, 0.29) is 0 Å². The first-order chi connectivity index (χ1) is 9.81. The maximum Gasteiger partial charge on any atom is 0.123 e. The molecule has 118 valence electrons. The molecule has 1 aliphatic rings. The molecule has 0 aliphatic carbocycles. The largest absolute Gasteiger partial charge is 0.496 e. The van der Waals surface area contributed by atoms with Crippen LogP contribution in [0.4, 0.5) is 0 Å². The highest BCUT2D eigenvalue weighted by Crippen LogP contribution is 2.35. The minimum Gasteiger partial charge on any atom is -0.496 e. The Morgan fingerprint density at radius 1 is 1.38 bits per heavy atom. The molecule has 21 heavy (non-hydrogen) atoms. The summed E-state index contributed by atoms with van der Waals surface area (Å²) in [6, 6.07) is 5.98. The van der Waals surface area contributed by atoms with Gasteiger partial charge in [0, 0.05) is 18.7 Å². The van der Waals surface area contributed by atoms with E-state index in [4.69, 9.17) is 4.74 Å². The van der Waals surface area contributed by atoms with Gasteiger partial charge in [0.05, 0.1) is 13.2 Å². The fourth-order valence-corrected chi connectivity index (χ4v) is 3.11. The fourth-order valence-electron chi connectivity index (χ4n) is 3.11. The Balaban J connectivity index is 2.11. The van der Waals surface area contributed by atoms with E-state index in [0.717, 1.165) is 36.9 Å². The number of nitrogens with zero attached hydrogens (tertiary/aromatic N) is 1. The van der Waals surface area contributed by atoms with E-state index in [9.17, 15) is 5.11 Å². The van der Waals surface area contributed by atoms with E-state index < -0.39 is 6.10 Å². The molecule has 1 N–H and O–H groups in total. The third-order valence-corrected chi connectivity index (χ3v) is 4.68. The Bertz CT molecular complexity index is 477. The van der Waals surface area contributed by atoms with Gasteiger partial charge in [-0.2, -0.15) is 0 Å². The zero-order valence-electron chi connectivity index (χ0n) is 14.0. The Labute approximate surface area is 128 Å². The van der Waals surface area contributed by atoms with Gasteiger partial charge in [0.25, 0.3) is 0 Å². The number of benzene rings is 1. The molecule has 1 aliphatic heterocycles. The lowest BCUT2D eigenvalue weighted by atomic mass is 9.80. The van der Waals surface area contributed by atoms with E-state index in [1.165, 1.54) is 12.0 Å². The van der Waals surface area contributed by atoms with Crippen LogP contribution < -0.4 is 4.74 Å². The summed E-state index contributed by atoms with van der Waals surface area (Å²) in [5.41, 5.74) is 2.50. The van der Waals surface area contributed by atoms with Crippen molar-refractivity contribution in [1.29, 1.82) is 0 Å². The van der Waals surface area contributed by atoms with Crippen LogP contribution in [0.3, 0.4) is 0 Å². The van der Waals surface area contributed by atoms with Crippen molar-refractivity contribution >= 4 is 0 Å². The van der Waals surface area contributed by atoms with Gasteiger partial charge in [-0.15, -0.1) is 0 Å². The second-order valence-corrected chi connectivity index (χ2v) is 7.33. The summed E-state index contributed by atoms with van der Waals surface area (Å²) in [4.78, 5) is 2.50. The lowest BCUT2D eigenvalue weighted by molar-refractivity contribution is 0.198. The van der Waals surface area contributed by atoms with Crippen molar-refractivity contribution in [1.82, 2.24) is 4.90 Å². The highest BCUT2D eigenvalue weighted by Gasteiger charge is 2.31. The van der Waals surface area contributed by atoms with Crippen molar-refractivity contribution in [2.75, 3.05) is 20.2 Å². The molecule has 1 heterocycles. The van der Waals surface area contributed by atoms with Crippen molar-refractivity contribution in [3.63, 3.8) is 0 Å². The second kappa shape index (κ2) is 6.37. The van der Waals surface area contributed by atoms with Crippen molar-refractivity contribution in [2.45, 2.75) is 46.8 Å². The Morgan fingerprint density at radius 3 is 2.62 bits per heavy atom.